The zero-order chi connectivity index (χ0) is 11.7. The summed E-state index contributed by atoms with van der Waals surface area (Å²) < 4.78 is 5.24. The Morgan fingerprint density at radius 1 is 1.44 bits per heavy atom. The van der Waals surface area contributed by atoms with Crippen LogP contribution in [0.4, 0.5) is 11.4 Å². The SMILES string of the molecule is COc1cc(N(C)C(C)C2CC2)ccc1N. The van der Waals surface area contributed by atoms with Crippen LogP contribution in [0.5, 0.6) is 5.75 Å². The van der Waals surface area contributed by atoms with E-state index in [9.17, 15) is 0 Å². The second-order valence-corrected chi connectivity index (χ2v) is 4.62. The highest BCUT2D eigenvalue weighted by atomic mass is 16.5. The van der Waals surface area contributed by atoms with Gasteiger partial charge >= 0.3 is 0 Å². The van der Waals surface area contributed by atoms with Gasteiger partial charge in [-0.25, -0.2) is 0 Å². The molecule has 16 heavy (non-hydrogen) atoms. The van der Waals surface area contributed by atoms with E-state index in [1.807, 2.05) is 12.1 Å². The first kappa shape index (κ1) is 11.1. The van der Waals surface area contributed by atoms with Crippen LogP contribution in [0.2, 0.25) is 0 Å². The Bertz CT molecular complexity index is 374. The Hall–Kier alpha value is -1.38. The Labute approximate surface area is 97.2 Å². The highest BCUT2D eigenvalue weighted by Gasteiger charge is 2.30. The summed E-state index contributed by atoms with van der Waals surface area (Å²) in [4.78, 5) is 2.31. The van der Waals surface area contributed by atoms with Crippen LogP contribution in [0, 0.1) is 5.92 Å². The van der Waals surface area contributed by atoms with Gasteiger partial charge in [-0.05, 0) is 37.8 Å². The highest BCUT2D eigenvalue weighted by Crippen LogP contribution is 2.37. The molecular formula is C13H20N2O. The Morgan fingerprint density at radius 2 is 2.12 bits per heavy atom. The van der Waals surface area contributed by atoms with E-state index < -0.39 is 0 Å². The molecule has 2 N–H and O–H groups in total. The number of benzene rings is 1. The fourth-order valence-corrected chi connectivity index (χ4v) is 2.05. The zero-order valence-corrected chi connectivity index (χ0v) is 10.2. The van der Waals surface area contributed by atoms with Crippen molar-refractivity contribution in [3.8, 4) is 5.75 Å². The first-order chi connectivity index (χ1) is 7.63. The van der Waals surface area contributed by atoms with Crippen molar-refractivity contribution in [1.29, 1.82) is 0 Å². The molecule has 0 amide bonds. The summed E-state index contributed by atoms with van der Waals surface area (Å²) in [5, 5.41) is 0. The van der Waals surface area contributed by atoms with Gasteiger partial charge in [0.1, 0.15) is 5.75 Å². The summed E-state index contributed by atoms with van der Waals surface area (Å²) in [6.07, 6.45) is 2.72. The summed E-state index contributed by atoms with van der Waals surface area (Å²) in [5.41, 5.74) is 7.67. The molecule has 1 aromatic carbocycles. The van der Waals surface area contributed by atoms with Crippen LogP contribution in [0.1, 0.15) is 19.8 Å². The third kappa shape index (κ3) is 2.08. The highest BCUT2D eigenvalue weighted by molar-refractivity contribution is 5.62. The van der Waals surface area contributed by atoms with E-state index in [0.29, 0.717) is 11.7 Å². The van der Waals surface area contributed by atoms with Gasteiger partial charge in [-0.3, -0.25) is 0 Å². The Kier molecular flexibility index (Phi) is 2.95. The number of hydrogen-bond acceptors (Lipinski definition) is 3. The maximum atomic E-state index is 5.80. The van der Waals surface area contributed by atoms with Crippen LogP contribution in [0.3, 0.4) is 0 Å². The third-order valence-electron chi connectivity index (χ3n) is 3.54. The number of nitrogen functional groups attached to an aromatic ring is 1. The van der Waals surface area contributed by atoms with Gasteiger partial charge in [0.15, 0.2) is 0 Å². The van der Waals surface area contributed by atoms with Gasteiger partial charge < -0.3 is 15.4 Å². The number of rotatable bonds is 4. The smallest absolute Gasteiger partial charge is 0.143 e. The van der Waals surface area contributed by atoms with Gasteiger partial charge in [0.05, 0.1) is 12.8 Å². The lowest BCUT2D eigenvalue weighted by Crippen LogP contribution is -2.30. The topological polar surface area (TPSA) is 38.5 Å². The molecule has 3 nitrogen and oxygen atoms in total. The number of nitrogens with zero attached hydrogens (tertiary/aromatic N) is 1. The van der Waals surface area contributed by atoms with Crippen molar-refractivity contribution in [2.24, 2.45) is 5.92 Å². The molecule has 88 valence electrons. The minimum atomic E-state index is 0.591. The predicted octanol–water partition coefficient (Wildman–Crippen LogP) is 2.51. The lowest BCUT2D eigenvalue weighted by Gasteiger charge is -2.27. The molecule has 1 aromatic rings. The predicted molar refractivity (Wildman–Crippen MR) is 68.0 cm³/mol. The van der Waals surface area contributed by atoms with Crippen molar-refractivity contribution >= 4 is 11.4 Å². The summed E-state index contributed by atoms with van der Waals surface area (Å²) in [7, 11) is 3.79. The molecule has 0 saturated heterocycles. The maximum absolute atomic E-state index is 5.80. The molecule has 1 aliphatic rings. The van der Waals surface area contributed by atoms with Gasteiger partial charge in [0.2, 0.25) is 0 Å². The van der Waals surface area contributed by atoms with Gasteiger partial charge in [-0.15, -0.1) is 0 Å². The molecule has 1 saturated carbocycles. The fraction of sp³-hybridized carbons (Fsp3) is 0.538. The monoisotopic (exact) mass is 220 g/mol. The van der Waals surface area contributed by atoms with E-state index in [4.69, 9.17) is 10.5 Å². The molecule has 0 radical (unpaired) electrons. The van der Waals surface area contributed by atoms with Crippen LogP contribution in [0.15, 0.2) is 18.2 Å². The van der Waals surface area contributed by atoms with E-state index in [2.05, 4.69) is 24.9 Å². The van der Waals surface area contributed by atoms with Crippen LogP contribution >= 0.6 is 0 Å². The van der Waals surface area contributed by atoms with Crippen molar-refractivity contribution in [3.63, 3.8) is 0 Å². The zero-order valence-electron chi connectivity index (χ0n) is 10.2. The fourth-order valence-electron chi connectivity index (χ4n) is 2.05. The Balaban J connectivity index is 2.18. The summed E-state index contributed by atoms with van der Waals surface area (Å²) in [5.74, 6) is 1.61. The van der Waals surface area contributed by atoms with Gasteiger partial charge in [0.25, 0.3) is 0 Å². The molecule has 1 unspecified atom stereocenters. The summed E-state index contributed by atoms with van der Waals surface area (Å²) in [6.45, 7) is 2.28. The minimum absolute atomic E-state index is 0.591. The lowest BCUT2D eigenvalue weighted by atomic mass is 10.1. The second kappa shape index (κ2) is 4.24. The van der Waals surface area contributed by atoms with Crippen molar-refractivity contribution in [3.05, 3.63) is 18.2 Å². The molecule has 1 fully saturated rings. The van der Waals surface area contributed by atoms with Crippen LogP contribution in [-0.4, -0.2) is 20.2 Å². The summed E-state index contributed by atoms with van der Waals surface area (Å²) in [6, 6.07) is 6.56. The van der Waals surface area contributed by atoms with Crippen molar-refractivity contribution < 1.29 is 4.74 Å². The van der Waals surface area contributed by atoms with Crippen LogP contribution in [0.25, 0.3) is 0 Å². The average Bonchev–Trinajstić information content (AvgIpc) is 3.11. The molecule has 0 spiro atoms. The van der Waals surface area contributed by atoms with Crippen molar-refractivity contribution in [2.75, 3.05) is 24.8 Å². The number of anilines is 2. The van der Waals surface area contributed by atoms with Crippen molar-refractivity contribution in [1.82, 2.24) is 0 Å². The van der Waals surface area contributed by atoms with Crippen LogP contribution < -0.4 is 15.4 Å². The van der Waals surface area contributed by atoms with Crippen molar-refractivity contribution in [2.45, 2.75) is 25.8 Å². The standard InChI is InChI=1S/C13H20N2O/c1-9(10-4-5-10)15(2)11-6-7-12(14)13(8-11)16-3/h6-10H,4-5,14H2,1-3H3. The third-order valence-corrected chi connectivity index (χ3v) is 3.54. The van der Waals surface area contributed by atoms with Gasteiger partial charge in [0, 0.05) is 24.8 Å². The molecule has 3 heteroatoms. The molecule has 0 bridgehead atoms. The number of ether oxygens (including phenoxy) is 1. The lowest BCUT2D eigenvalue weighted by molar-refractivity contribution is 0.417. The number of hydrogen-bond donors (Lipinski definition) is 1. The second-order valence-electron chi connectivity index (χ2n) is 4.62. The number of nitrogens with two attached hydrogens (primary N) is 1. The normalized spacial score (nSPS) is 16.9. The van der Waals surface area contributed by atoms with E-state index in [-0.39, 0.29) is 0 Å². The average molecular weight is 220 g/mol. The van der Waals surface area contributed by atoms with E-state index in [0.717, 1.165) is 11.7 Å². The molecule has 0 aliphatic heterocycles. The molecular weight excluding hydrogens is 200 g/mol. The van der Waals surface area contributed by atoms with Crippen LogP contribution in [-0.2, 0) is 0 Å². The molecule has 0 heterocycles. The van der Waals surface area contributed by atoms with E-state index >= 15 is 0 Å². The van der Waals surface area contributed by atoms with Gasteiger partial charge in [-0.2, -0.15) is 0 Å². The Morgan fingerprint density at radius 3 is 2.69 bits per heavy atom. The molecule has 0 aromatic heterocycles. The van der Waals surface area contributed by atoms with E-state index in [1.54, 1.807) is 7.11 Å². The minimum Gasteiger partial charge on any atom is -0.495 e. The first-order valence-corrected chi connectivity index (χ1v) is 5.80. The molecule has 1 atom stereocenters. The molecule has 2 rings (SSSR count). The van der Waals surface area contributed by atoms with E-state index in [1.165, 1.54) is 18.5 Å². The summed E-state index contributed by atoms with van der Waals surface area (Å²) >= 11 is 0. The first-order valence-electron chi connectivity index (χ1n) is 5.80. The van der Waals surface area contributed by atoms with Gasteiger partial charge in [-0.1, -0.05) is 0 Å². The quantitative estimate of drug-likeness (QED) is 0.792. The molecule has 1 aliphatic carbocycles. The number of methoxy groups -OCH3 is 1. The largest absolute Gasteiger partial charge is 0.495 e. The maximum Gasteiger partial charge on any atom is 0.143 e.